The Morgan fingerprint density at radius 3 is 2.83 bits per heavy atom. The van der Waals surface area contributed by atoms with Crippen molar-refractivity contribution >= 4 is 11.6 Å². The van der Waals surface area contributed by atoms with Crippen molar-refractivity contribution in [3.8, 4) is 11.5 Å². The van der Waals surface area contributed by atoms with Crippen molar-refractivity contribution in [2.24, 2.45) is 0 Å². The minimum Gasteiger partial charge on any atom is -0.421 e. The summed E-state index contributed by atoms with van der Waals surface area (Å²) in [6, 6.07) is 7.88. The molecule has 3 rings (SSSR count). The molecule has 1 aromatic carbocycles. The summed E-state index contributed by atoms with van der Waals surface area (Å²) >= 11 is 5.84. The van der Waals surface area contributed by atoms with E-state index in [0.717, 1.165) is 18.5 Å². The fourth-order valence-corrected chi connectivity index (χ4v) is 2.31. The minimum atomic E-state index is 0.475. The first-order valence-electron chi connectivity index (χ1n) is 6.13. The monoisotopic (exact) mass is 263 g/mol. The van der Waals surface area contributed by atoms with E-state index in [0.29, 0.717) is 22.8 Å². The summed E-state index contributed by atoms with van der Waals surface area (Å²) in [6.45, 7) is 1.09. The Morgan fingerprint density at radius 1 is 1.28 bits per heavy atom. The molecule has 1 saturated heterocycles. The van der Waals surface area contributed by atoms with E-state index in [1.165, 1.54) is 12.8 Å². The molecule has 5 heteroatoms. The molecule has 0 aliphatic carbocycles. The molecule has 1 aromatic heterocycles. The minimum absolute atomic E-state index is 0.475. The number of hydrogen-bond donors (Lipinski definition) is 1. The zero-order valence-electron chi connectivity index (χ0n) is 9.90. The molecular weight excluding hydrogens is 250 g/mol. The van der Waals surface area contributed by atoms with Crippen molar-refractivity contribution < 1.29 is 4.42 Å². The third-order valence-corrected chi connectivity index (χ3v) is 3.39. The van der Waals surface area contributed by atoms with Gasteiger partial charge in [0.25, 0.3) is 0 Å². The Kier molecular flexibility index (Phi) is 3.30. The first-order valence-corrected chi connectivity index (χ1v) is 6.51. The molecule has 1 fully saturated rings. The van der Waals surface area contributed by atoms with Crippen LogP contribution in [-0.2, 0) is 6.42 Å². The average Bonchev–Trinajstić information content (AvgIpc) is 3.02. The summed E-state index contributed by atoms with van der Waals surface area (Å²) in [4.78, 5) is 0. The van der Waals surface area contributed by atoms with Gasteiger partial charge in [-0.15, -0.1) is 10.2 Å². The maximum Gasteiger partial charge on any atom is 0.247 e. The van der Waals surface area contributed by atoms with Crippen molar-refractivity contribution in [1.82, 2.24) is 15.5 Å². The Morgan fingerprint density at radius 2 is 2.11 bits per heavy atom. The second-order valence-corrected chi connectivity index (χ2v) is 4.94. The molecule has 94 valence electrons. The van der Waals surface area contributed by atoms with Crippen LogP contribution in [0.25, 0.3) is 11.5 Å². The zero-order chi connectivity index (χ0) is 12.4. The van der Waals surface area contributed by atoms with Gasteiger partial charge < -0.3 is 9.73 Å². The van der Waals surface area contributed by atoms with Gasteiger partial charge in [0.15, 0.2) is 0 Å². The Labute approximate surface area is 110 Å². The summed E-state index contributed by atoms with van der Waals surface area (Å²) in [7, 11) is 0. The smallest absolute Gasteiger partial charge is 0.247 e. The molecule has 1 atom stereocenters. The van der Waals surface area contributed by atoms with E-state index < -0.39 is 0 Å². The summed E-state index contributed by atoms with van der Waals surface area (Å²) in [5.41, 5.74) is 0.900. The largest absolute Gasteiger partial charge is 0.421 e. The van der Waals surface area contributed by atoms with Crippen molar-refractivity contribution in [2.75, 3.05) is 6.54 Å². The van der Waals surface area contributed by atoms with Crippen LogP contribution >= 0.6 is 11.6 Å². The Balaban J connectivity index is 1.74. The normalized spacial score (nSPS) is 19.3. The third kappa shape index (κ3) is 2.54. The third-order valence-electron chi connectivity index (χ3n) is 3.14. The fraction of sp³-hybridized carbons (Fsp3) is 0.385. The maximum absolute atomic E-state index is 5.84. The number of benzene rings is 1. The lowest BCUT2D eigenvalue weighted by molar-refractivity contribution is 0.464. The number of rotatable bonds is 3. The molecule has 1 aliphatic rings. The molecule has 0 radical (unpaired) electrons. The average molecular weight is 264 g/mol. The van der Waals surface area contributed by atoms with Crippen LogP contribution in [0.4, 0.5) is 0 Å². The van der Waals surface area contributed by atoms with E-state index in [4.69, 9.17) is 16.0 Å². The predicted molar refractivity (Wildman–Crippen MR) is 69.5 cm³/mol. The second-order valence-electron chi connectivity index (χ2n) is 4.51. The predicted octanol–water partition coefficient (Wildman–Crippen LogP) is 2.68. The van der Waals surface area contributed by atoms with Gasteiger partial charge >= 0.3 is 0 Å². The van der Waals surface area contributed by atoms with Gasteiger partial charge in [-0.25, -0.2) is 0 Å². The molecule has 4 nitrogen and oxygen atoms in total. The van der Waals surface area contributed by atoms with E-state index in [1.54, 1.807) is 0 Å². The molecule has 0 amide bonds. The van der Waals surface area contributed by atoms with Gasteiger partial charge in [-0.05, 0) is 43.7 Å². The quantitative estimate of drug-likeness (QED) is 0.925. The standard InChI is InChI=1S/C13H14ClN3O/c14-10-5-3-9(4-6-10)13-17-16-12(18-13)8-11-2-1-7-15-11/h3-6,11,15H,1-2,7-8H2. The van der Waals surface area contributed by atoms with E-state index in [1.807, 2.05) is 24.3 Å². The first kappa shape index (κ1) is 11.7. The number of aromatic nitrogens is 2. The van der Waals surface area contributed by atoms with Gasteiger partial charge in [0, 0.05) is 23.0 Å². The molecule has 0 bridgehead atoms. The molecule has 1 aliphatic heterocycles. The molecule has 0 spiro atoms. The highest BCUT2D eigenvalue weighted by Gasteiger charge is 2.18. The van der Waals surface area contributed by atoms with E-state index in [9.17, 15) is 0 Å². The number of nitrogens with one attached hydrogen (secondary N) is 1. The van der Waals surface area contributed by atoms with Crippen LogP contribution in [0.1, 0.15) is 18.7 Å². The number of hydrogen-bond acceptors (Lipinski definition) is 4. The lowest BCUT2D eigenvalue weighted by Gasteiger charge is -2.04. The summed E-state index contributed by atoms with van der Waals surface area (Å²) < 4.78 is 5.67. The van der Waals surface area contributed by atoms with Crippen LogP contribution in [0.3, 0.4) is 0 Å². The summed E-state index contributed by atoms with van der Waals surface area (Å²) in [5, 5.41) is 12.3. The Bertz CT molecular complexity index is 517. The molecular formula is C13H14ClN3O. The van der Waals surface area contributed by atoms with Gasteiger partial charge in [-0.2, -0.15) is 0 Å². The molecule has 2 heterocycles. The van der Waals surface area contributed by atoms with Gasteiger partial charge in [-0.1, -0.05) is 11.6 Å². The van der Waals surface area contributed by atoms with Gasteiger partial charge in [0.2, 0.25) is 11.8 Å². The molecule has 18 heavy (non-hydrogen) atoms. The van der Waals surface area contributed by atoms with Crippen LogP contribution in [0.15, 0.2) is 28.7 Å². The van der Waals surface area contributed by atoms with Crippen molar-refractivity contribution in [2.45, 2.75) is 25.3 Å². The molecule has 1 unspecified atom stereocenters. The van der Waals surface area contributed by atoms with Crippen LogP contribution < -0.4 is 5.32 Å². The molecule has 2 aromatic rings. The highest BCUT2D eigenvalue weighted by Crippen LogP contribution is 2.21. The summed E-state index contributed by atoms with van der Waals surface area (Å²) in [6.07, 6.45) is 3.21. The highest BCUT2D eigenvalue weighted by atomic mass is 35.5. The van der Waals surface area contributed by atoms with Gasteiger partial charge in [-0.3, -0.25) is 0 Å². The lowest BCUT2D eigenvalue weighted by atomic mass is 10.2. The van der Waals surface area contributed by atoms with E-state index in [2.05, 4.69) is 15.5 Å². The number of halogens is 1. The number of nitrogens with zero attached hydrogens (tertiary/aromatic N) is 2. The maximum atomic E-state index is 5.84. The van der Waals surface area contributed by atoms with E-state index in [-0.39, 0.29) is 0 Å². The fourth-order valence-electron chi connectivity index (χ4n) is 2.19. The zero-order valence-corrected chi connectivity index (χ0v) is 10.7. The van der Waals surface area contributed by atoms with Crippen LogP contribution in [0.2, 0.25) is 5.02 Å². The van der Waals surface area contributed by atoms with Crippen LogP contribution in [-0.4, -0.2) is 22.8 Å². The van der Waals surface area contributed by atoms with Crippen LogP contribution in [0.5, 0.6) is 0 Å². The van der Waals surface area contributed by atoms with Gasteiger partial charge in [0.1, 0.15) is 0 Å². The Hall–Kier alpha value is -1.39. The van der Waals surface area contributed by atoms with Gasteiger partial charge in [0.05, 0.1) is 0 Å². The molecule has 0 saturated carbocycles. The van der Waals surface area contributed by atoms with E-state index >= 15 is 0 Å². The van der Waals surface area contributed by atoms with Crippen molar-refractivity contribution in [1.29, 1.82) is 0 Å². The second kappa shape index (κ2) is 5.08. The first-order chi connectivity index (χ1) is 8.81. The SMILES string of the molecule is Clc1ccc(-c2nnc(CC3CCCN3)o2)cc1. The summed E-state index contributed by atoms with van der Waals surface area (Å²) in [5.74, 6) is 1.25. The topological polar surface area (TPSA) is 51.0 Å². The van der Waals surface area contributed by atoms with Crippen LogP contribution in [0, 0.1) is 0 Å². The lowest BCUT2D eigenvalue weighted by Crippen LogP contribution is -2.23. The highest BCUT2D eigenvalue weighted by molar-refractivity contribution is 6.30. The van der Waals surface area contributed by atoms with Crippen molar-refractivity contribution in [3.63, 3.8) is 0 Å². The molecule has 1 N–H and O–H groups in total. The van der Waals surface area contributed by atoms with Crippen molar-refractivity contribution in [3.05, 3.63) is 35.2 Å².